The van der Waals surface area contributed by atoms with Gasteiger partial charge >= 0.3 is 0 Å². The molecule has 0 saturated carbocycles. The van der Waals surface area contributed by atoms with Crippen LogP contribution >= 0.6 is 0 Å². The smallest absolute Gasteiger partial charge is 0.241 e. The third-order valence-corrected chi connectivity index (χ3v) is 6.98. The van der Waals surface area contributed by atoms with Gasteiger partial charge in [0.15, 0.2) is 0 Å². The highest BCUT2D eigenvalue weighted by molar-refractivity contribution is 6.10. The molecule has 0 spiro atoms. The predicted octanol–water partition coefficient (Wildman–Crippen LogP) is 2.53. The van der Waals surface area contributed by atoms with Crippen LogP contribution in [-0.2, 0) is 26.3 Å². The first kappa shape index (κ1) is 23.1. The number of carbonyl (C=O) groups is 3. The Bertz CT molecular complexity index is 1030. The number of benzene rings is 1. The number of hydrogen-bond donors (Lipinski definition) is 0. The molecule has 174 valence electrons. The van der Waals surface area contributed by atoms with E-state index in [0.29, 0.717) is 19.1 Å². The Hall–Kier alpha value is -3.06. The number of hydrogen-bond acceptors (Lipinski definition) is 5. The number of piperazine rings is 1. The standard InChI is InChI=1S/C26H32N4O3/c1-19(2)28-11-13-29(14-12-28)23(31)15-26(22-9-5-4-7-20(22)3)16-24(32)30(25(26)33)18-21-8-6-10-27-17-21/h4-10,17,19H,11-16,18H2,1-3H3. The van der Waals surface area contributed by atoms with Crippen molar-refractivity contribution in [1.82, 2.24) is 19.7 Å². The molecule has 0 bridgehead atoms. The zero-order chi connectivity index (χ0) is 23.6. The van der Waals surface area contributed by atoms with Crippen LogP contribution in [0.25, 0.3) is 0 Å². The molecular formula is C26H32N4O3. The second-order valence-corrected chi connectivity index (χ2v) is 9.41. The topological polar surface area (TPSA) is 73.8 Å². The Morgan fingerprint density at radius 2 is 1.79 bits per heavy atom. The van der Waals surface area contributed by atoms with Gasteiger partial charge < -0.3 is 4.90 Å². The first-order valence-electron chi connectivity index (χ1n) is 11.6. The normalized spacial score (nSPS) is 21.8. The predicted molar refractivity (Wildman–Crippen MR) is 125 cm³/mol. The minimum Gasteiger partial charge on any atom is -0.340 e. The number of imide groups is 1. The van der Waals surface area contributed by atoms with Crippen molar-refractivity contribution in [3.8, 4) is 0 Å². The van der Waals surface area contributed by atoms with Crippen LogP contribution in [0.4, 0.5) is 0 Å². The summed E-state index contributed by atoms with van der Waals surface area (Å²) in [5.74, 6) is -0.601. The average Bonchev–Trinajstić information content (AvgIpc) is 3.04. The lowest BCUT2D eigenvalue weighted by molar-refractivity contribution is -0.143. The second kappa shape index (κ2) is 9.43. The first-order valence-corrected chi connectivity index (χ1v) is 11.6. The summed E-state index contributed by atoms with van der Waals surface area (Å²) in [4.78, 5) is 50.0. The largest absolute Gasteiger partial charge is 0.340 e. The third-order valence-electron chi connectivity index (χ3n) is 6.98. The SMILES string of the molecule is Cc1ccccc1C1(CC(=O)N2CCN(C(C)C)CC2)CC(=O)N(Cc2cccnc2)C1=O. The summed E-state index contributed by atoms with van der Waals surface area (Å²) in [5, 5.41) is 0. The highest BCUT2D eigenvalue weighted by atomic mass is 16.2. The molecule has 3 heterocycles. The molecule has 2 aromatic rings. The Balaban J connectivity index is 1.62. The lowest BCUT2D eigenvalue weighted by Crippen LogP contribution is -2.52. The number of carbonyl (C=O) groups excluding carboxylic acids is 3. The van der Waals surface area contributed by atoms with Gasteiger partial charge in [0.2, 0.25) is 17.7 Å². The molecule has 2 aliphatic heterocycles. The van der Waals surface area contributed by atoms with Crippen molar-refractivity contribution >= 4 is 17.7 Å². The lowest BCUT2D eigenvalue weighted by Gasteiger charge is -2.38. The second-order valence-electron chi connectivity index (χ2n) is 9.41. The number of aromatic nitrogens is 1. The van der Waals surface area contributed by atoms with E-state index in [0.717, 1.165) is 29.8 Å². The molecule has 3 amide bonds. The number of pyridine rings is 1. The summed E-state index contributed by atoms with van der Waals surface area (Å²) in [7, 11) is 0. The molecule has 1 atom stereocenters. The molecule has 1 aromatic carbocycles. The van der Waals surface area contributed by atoms with Crippen LogP contribution in [0.15, 0.2) is 48.8 Å². The van der Waals surface area contributed by atoms with E-state index in [-0.39, 0.29) is 37.1 Å². The van der Waals surface area contributed by atoms with Crippen LogP contribution in [0.5, 0.6) is 0 Å². The molecule has 4 rings (SSSR count). The molecule has 0 N–H and O–H groups in total. The number of rotatable bonds is 6. The van der Waals surface area contributed by atoms with Crippen LogP contribution in [-0.4, -0.2) is 69.6 Å². The van der Waals surface area contributed by atoms with Gasteiger partial charge in [0.25, 0.3) is 0 Å². The quantitative estimate of drug-likeness (QED) is 0.635. The summed E-state index contributed by atoms with van der Waals surface area (Å²) >= 11 is 0. The highest BCUT2D eigenvalue weighted by Gasteiger charge is 2.54. The molecule has 1 unspecified atom stereocenters. The molecule has 0 aliphatic carbocycles. The van der Waals surface area contributed by atoms with Gasteiger partial charge in [-0.1, -0.05) is 30.3 Å². The van der Waals surface area contributed by atoms with Crippen molar-refractivity contribution in [2.45, 2.75) is 51.6 Å². The van der Waals surface area contributed by atoms with Crippen LogP contribution in [0.3, 0.4) is 0 Å². The monoisotopic (exact) mass is 448 g/mol. The molecule has 2 fully saturated rings. The van der Waals surface area contributed by atoms with Crippen molar-refractivity contribution < 1.29 is 14.4 Å². The van der Waals surface area contributed by atoms with Crippen molar-refractivity contribution in [3.63, 3.8) is 0 Å². The molecule has 7 heteroatoms. The fraction of sp³-hybridized carbons (Fsp3) is 0.462. The molecule has 33 heavy (non-hydrogen) atoms. The summed E-state index contributed by atoms with van der Waals surface area (Å²) < 4.78 is 0. The zero-order valence-electron chi connectivity index (χ0n) is 19.7. The summed E-state index contributed by atoms with van der Waals surface area (Å²) in [5.41, 5.74) is 1.30. The van der Waals surface area contributed by atoms with E-state index < -0.39 is 5.41 Å². The van der Waals surface area contributed by atoms with Crippen LogP contribution in [0, 0.1) is 6.92 Å². The van der Waals surface area contributed by atoms with Crippen LogP contribution in [0.2, 0.25) is 0 Å². The summed E-state index contributed by atoms with van der Waals surface area (Å²) in [6, 6.07) is 11.7. The number of amides is 3. The fourth-order valence-corrected chi connectivity index (χ4v) is 5.05. The molecule has 1 aromatic heterocycles. The maximum absolute atomic E-state index is 13.9. The number of aryl methyl sites for hydroxylation is 1. The average molecular weight is 449 g/mol. The zero-order valence-corrected chi connectivity index (χ0v) is 19.7. The minimum atomic E-state index is -1.17. The van der Waals surface area contributed by atoms with E-state index in [2.05, 4.69) is 23.7 Å². The van der Waals surface area contributed by atoms with Crippen LogP contribution in [0.1, 0.15) is 43.4 Å². The van der Waals surface area contributed by atoms with Gasteiger partial charge in [0, 0.05) is 57.5 Å². The number of likely N-dealkylation sites (tertiary alicyclic amines) is 1. The lowest BCUT2D eigenvalue weighted by atomic mass is 9.74. The molecule has 2 saturated heterocycles. The summed E-state index contributed by atoms with van der Waals surface area (Å²) in [6.45, 7) is 9.34. The Kier molecular flexibility index (Phi) is 6.61. The van der Waals surface area contributed by atoms with E-state index in [9.17, 15) is 14.4 Å². The van der Waals surface area contributed by atoms with E-state index in [4.69, 9.17) is 0 Å². The fourth-order valence-electron chi connectivity index (χ4n) is 5.05. The van der Waals surface area contributed by atoms with E-state index in [1.807, 2.05) is 42.2 Å². The van der Waals surface area contributed by atoms with Gasteiger partial charge in [-0.15, -0.1) is 0 Å². The van der Waals surface area contributed by atoms with Gasteiger partial charge in [-0.05, 0) is 43.5 Å². The maximum atomic E-state index is 13.9. The van der Waals surface area contributed by atoms with Gasteiger partial charge in [-0.3, -0.25) is 29.2 Å². The van der Waals surface area contributed by atoms with Crippen molar-refractivity contribution in [2.24, 2.45) is 0 Å². The summed E-state index contributed by atoms with van der Waals surface area (Å²) in [6.07, 6.45) is 3.34. The molecule has 7 nitrogen and oxygen atoms in total. The number of nitrogens with zero attached hydrogens (tertiary/aromatic N) is 4. The Morgan fingerprint density at radius 1 is 1.06 bits per heavy atom. The van der Waals surface area contributed by atoms with E-state index in [1.54, 1.807) is 18.5 Å². The Labute approximate surface area is 195 Å². The highest BCUT2D eigenvalue weighted by Crippen LogP contribution is 2.42. The Morgan fingerprint density at radius 3 is 2.42 bits per heavy atom. The molecular weight excluding hydrogens is 416 g/mol. The first-order chi connectivity index (χ1) is 15.8. The van der Waals surface area contributed by atoms with Gasteiger partial charge in [-0.25, -0.2) is 0 Å². The van der Waals surface area contributed by atoms with Crippen molar-refractivity contribution in [3.05, 3.63) is 65.5 Å². The van der Waals surface area contributed by atoms with E-state index in [1.165, 1.54) is 4.90 Å². The van der Waals surface area contributed by atoms with Crippen molar-refractivity contribution in [2.75, 3.05) is 26.2 Å². The van der Waals surface area contributed by atoms with Gasteiger partial charge in [0.1, 0.15) is 0 Å². The molecule has 2 aliphatic rings. The molecule has 0 radical (unpaired) electrons. The van der Waals surface area contributed by atoms with Crippen LogP contribution < -0.4 is 0 Å². The minimum absolute atomic E-state index is 0.00758. The maximum Gasteiger partial charge on any atom is 0.241 e. The van der Waals surface area contributed by atoms with Gasteiger partial charge in [-0.2, -0.15) is 0 Å². The van der Waals surface area contributed by atoms with Crippen molar-refractivity contribution in [1.29, 1.82) is 0 Å². The van der Waals surface area contributed by atoms with Gasteiger partial charge in [0.05, 0.1) is 12.0 Å². The van der Waals surface area contributed by atoms with E-state index >= 15 is 0 Å². The third kappa shape index (κ3) is 4.55.